The van der Waals surface area contributed by atoms with Gasteiger partial charge in [0.15, 0.2) is 0 Å². The Balaban J connectivity index is 2.36. The summed E-state index contributed by atoms with van der Waals surface area (Å²) in [7, 11) is 0.229. The van der Waals surface area contributed by atoms with Crippen LogP contribution in [0.4, 0.5) is 4.79 Å². The Kier molecular flexibility index (Phi) is 2.32. The Hall–Kier alpha value is -1.27. The van der Waals surface area contributed by atoms with Gasteiger partial charge in [-0.05, 0) is 12.3 Å². The molecule has 0 aliphatic carbocycles. The maximum atomic E-state index is 10.8. The molecule has 2 heterocycles. The molecule has 2 aliphatic heterocycles. The summed E-state index contributed by atoms with van der Waals surface area (Å²) in [5.41, 5.74) is 0.840. The fourth-order valence-electron chi connectivity index (χ4n) is 1.46. The molecule has 0 saturated carbocycles. The standard InChI is InChI=1S/C9H12N2O3S/c1-14-15(2)6-10-7-3-4-11(9(12)13)5-8(7)15/h3-5H,6H2,1-2H3,(H,12,13). The first-order valence-corrected chi connectivity index (χ1v) is 6.48. The Morgan fingerprint density at radius 2 is 2.47 bits per heavy atom. The molecule has 1 N–H and O–H groups in total. The number of allylic oxidation sites excluding steroid dienone is 2. The van der Waals surface area contributed by atoms with Gasteiger partial charge in [0.05, 0.1) is 16.5 Å². The molecule has 2 aliphatic rings. The molecule has 0 radical (unpaired) electrons. The lowest BCUT2D eigenvalue weighted by atomic mass is 10.3. The largest absolute Gasteiger partial charge is 0.464 e. The van der Waals surface area contributed by atoms with Crippen LogP contribution in [-0.4, -0.2) is 41.1 Å². The predicted octanol–water partition coefficient (Wildman–Crippen LogP) is 1.74. The SMILES string of the molecule is COS1(C)CN=C2C=CN(C(=O)O)C=C21. The van der Waals surface area contributed by atoms with Crippen LogP contribution >= 0.6 is 10.3 Å². The van der Waals surface area contributed by atoms with Crippen LogP contribution in [0, 0.1) is 0 Å². The van der Waals surface area contributed by atoms with Crippen LogP contribution in [0.2, 0.25) is 0 Å². The monoisotopic (exact) mass is 228 g/mol. The number of hydrogen-bond donors (Lipinski definition) is 1. The van der Waals surface area contributed by atoms with Crippen LogP contribution in [0.5, 0.6) is 0 Å². The van der Waals surface area contributed by atoms with Gasteiger partial charge in [0.1, 0.15) is 0 Å². The Labute approximate surface area is 89.3 Å². The van der Waals surface area contributed by atoms with E-state index in [9.17, 15) is 4.79 Å². The summed E-state index contributed by atoms with van der Waals surface area (Å²) in [4.78, 5) is 17.2. The molecule has 82 valence electrons. The van der Waals surface area contributed by atoms with Crippen molar-refractivity contribution in [3.8, 4) is 0 Å². The number of nitrogens with zero attached hydrogens (tertiary/aromatic N) is 2. The van der Waals surface area contributed by atoms with Crippen molar-refractivity contribution in [3.63, 3.8) is 0 Å². The van der Waals surface area contributed by atoms with Crippen LogP contribution < -0.4 is 0 Å². The fourth-order valence-corrected chi connectivity index (χ4v) is 3.18. The van der Waals surface area contributed by atoms with Gasteiger partial charge in [-0.3, -0.25) is 9.89 Å². The van der Waals surface area contributed by atoms with Gasteiger partial charge in [-0.1, -0.05) is 10.3 Å². The van der Waals surface area contributed by atoms with Gasteiger partial charge >= 0.3 is 6.09 Å². The molecule has 0 aromatic carbocycles. The molecule has 2 rings (SSSR count). The molecule has 1 unspecified atom stereocenters. The normalized spacial score (nSPS) is 32.8. The van der Waals surface area contributed by atoms with Gasteiger partial charge in [0.2, 0.25) is 0 Å². The van der Waals surface area contributed by atoms with Crippen LogP contribution in [0.15, 0.2) is 28.4 Å². The van der Waals surface area contributed by atoms with E-state index in [1.54, 1.807) is 19.4 Å². The van der Waals surface area contributed by atoms with Crippen molar-refractivity contribution in [1.82, 2.24) is 4.90 Å². The molecule has 0 fully saturated rings. The van der Waals surface area contributed by atoms with Crippen LogP contribution in [0.1, 0.15) is 0 Å². The number of carboxylic acid groups (broad SMARTS) is 1. The first-order chi connectivity index (χ1) is 7.07. The zero-order chi connectivity index (χ0) is 11.1. The number of hydrogen-bond acceptors (Lipinski definition) is 3. The topological polar surface area (TPSA) is 62.1 Å². The smallest absolute Gasteiger partial charge is 0.415 e. The average Bonchev–Trinajstić information content (AvgIpc) is 2.57. The minimum Gasteiger partial charge on any atom is -0.464 e. The highest BCUT2D eigenvalue weighted by Crippen LogP contribution is 2.57. The maximum absolute atomic E-state index is 10.8. The lowest BCUT2D eigenvalue weighted by Crippen LogP contribution is -2.23. The average molecular weight is 228 g/mol. The fraction of sp³-hybridized carbons (Fsp3) is 0.333. The van der Waals surface area contributed by atoms with Gasteiger partial charge in [-0.2, -0.15) is 0 Å². The second kappa shape index (κ2) is 3.39. The Morgan fingerprint density at radius 3 is 3.07 bits per heavy atom. The summed E-state index contributed by atoms with van der Waals surface area (Å²) >= 11 is 0. The van der Waals surface area contributed by atoms with E-state index in [-0.39, 0.29) is 0 Å². The van der Waals surface area contributed by atoms with E-state index in [1.807, 2.05) is 6.26 Å². The number of fused-ring (bicyclic) bond motifs is 1. The number of carbonyl (C=O) groups is 1. The molecule has 1 amide bonds. The number of amides is 1. The lowest BCUT2D eigenvalue weighted by Gasteiger charge is -2.31. The van der Waals surface area contributed by atoms with Crippen molar-refractivity contribution in [3.05, 3.63) is 23.4 Å². The molecule has 0 spiro atoms. The van der Waals surface area contributed by atoms with Gasteiger partial charge < -0.3 is 9.29 Å². The summed E-state index contributed by atoms with van der Waals surface area (Å²) in [5.74, 6) is 0.614. The third-order valence-corrected chi connectivity index (χ3v) is 5.04. The van der Waals surface area contributed by atoms with Gasteiger partial charge in [0, 0.05) is 19.5 Å². The van der Waals surface area contributed by atoms with Crippen LogP contribution in [-0.2, 0) is 4.18 Å². The minimum absolute atomic E-state index is 0.614. The van der Waals surface area contributed by atoms with E-state index < -0.39 is 16.4 Å². The van der Waals surface area contributed by atoms with E-state index in [0.29, 0.717) is 5.88 Å². The van der Waals surface area contributed by atoms with Crippen molar-refractivity contribution in [2.24, 2.45) is 4.99 Å². The first-order valence-electron chi connectivity index (χ1n) is 4.34. The molecular formula is C9H12N2O3S. The Bertz CT molecular complexity index is 402. The minimum atomic E-state index is -1.41. The molecule has 0 aromatic rings. The Morgan fingerprint density at radius 1 is 1.73 bits per heavy atom. The van der Waals surface area contributed by atoms with E-state index in [4.69, 9.17) is 9.29 Å². The third kappa shape index (κ3) is 1.55. The van der Waals surface area contributed by atoms with Gasteiger partial charge in [-0.25, -0.2) is 4.79 Å². The molecule has 1 atom stereocenters. The van der Waals surface area contributed by atoms with E-state index in [0.717, 1.165) is 15.5 Å². The van der Waals surface area contributed by atoms with Gasteiger partial charge in [0.25, 0.3) is 0 Å². The van der Waals surface area contributed by atoms with E-state index in [1.165, 1.54) is 6.20 Å². The molecule has 0 bridgehead atoms. The second-order valence-electron chi connectivity index (χ2n) is 3.34. The summed E-state index contributed by atoms with van der Waals surface area (Å²) in [6.45, 7) is 0. The third-order valence-electron chi connectivity index (χ3n) is 2.44. The zero-order valence-electron chi connectivity index (χ0n) is 8.51. The molecule has 5 nitrogen and oxygen atoms in total. The predicted molar refractivity (Wildman–Crippen MR) is 59.9 cm³/mol. The van der Waals surface area contributed by atoms with E-state index >= 15 is 0 Å². The quantitative estimate of drug-likeness (QED) is 0.743. The summed E-state index contributed by atoms with van der Waals surface area (Å²) < 4.78 is 5.44. The van der Waals surface area contributed by atoms with Crippen molar-refractivity contribution >= 4 is 22.1 Å². The highest BCUT2D eigenvalue weighted by Gasteiger charge is 2.34. The summed E-state index contributed by atoms with van der Waals surface area (Å²) in [6.07, 6.45) is 5.77. The van der Waals surface area contributed by atoms with Crippen molar-refractivity contribution in [2.75, 3.05) is 19.2 Å². The van der Waals surface area contributed by atoms with E-state index in [2.05, 4.69) is 4.99 Å². The van der Waals surface area contributed by atoms with Crippen molar-refractivity contribution in [2.45, 2.75) is 0 Å². The summed E-state index contributed by atoms with van der Waals surface area (Å²) in [6, 6.07) is 0. The zero-order valence-corrected chi connectivity index (χ0v) is 9.32. The number of aliphatic imine (C=N–C) groups is 1. The lowest BCUT2D eigenvalue weighted by molar-refractivity contribution is 0.175. The first kappa shape index (κ1) is 10.3. The highest BCUT2D eigenvalue weighted by molar-refractivity contribution is 8.33. The highest BCUT2D eigenvalue weighted by atomic mass is 32.3. The summed E-state index contributed by atoms with van der Waals surface area (Å²) in [5, 5.41) is 8.86. The molecular weight excluding hydrogens is 216 g/mol. The number of rotatable bonds is 1. The molecule has 15 heavy (non-hydrogen) atoms. The van der Waals surface area contributed by atoms with Crippen molar-refractivity contribution < 1.29 is 14.1 Å². The van der Waals surface area contributed by atoms with Crippen LogP contribution in [0.25, 0.3) is 0 Å². The maximum Gasteiger partial charge on any atom is 0.415 e. The van der Waals surface area contributed by atoms with Gasteiger partial charge in [-0.15, -0.1) is 0 Å². The second-order valence-corrected chi connectivity index (χ2v) is 6.38. The molecule has 6 heteroatoms. The van der Waals surface area contributed by atoms with Crippen molar-refractivity contribution in [1.29, 1.82) is 0 Å². The molecule has 0 saturated heterocycles. The van der Waals surface area contributed by atoms with Crippen LogP contribution in [0.3, 0.4) is 0 Å². The molecule has 0 aromatic heterocycles.